The fourth-order valence-electron chi connectivity index (χ4n) is 4.18. The summed E-state index contributed by atoms with van der Waals surface area (Å²) in [5.74, 6) is -0.896. The number of alkyl carbamates (subject to hydrolysis) is 1. The molecular weight excluding hydrogens is 402 g/mol. The van der Waals surface area contributed by atoms with E-state index in [4.69, 9.17) is 4.74 Å². The van der Waals surface area contributed by atoms with Crippen LogP contribution in [-0.4, -0.2) is 30.3 Å². The highest BCUT2D eigenvalue weighted by Crippen LogP contribution is 2.44. The number of hydrogen-bond acceptors (Lipinski definition) is 3. The Morgan fingerprint density at radius 3 is 2.28 bits per heavy atom. The minimum absolute atomic E-state index is 0.0394. The lowest BCUT2D eigenvalue weighted by atomic mass is 9.98. The Balaban J connectivity index is 1.28. The molecule has 1 aliphatic carbocycles. The van der Waals surface area contributed by atoms with Gasteiger partial charge in [0.2, 0.25) is 0 Å². The predicted molar refractivity (Wildman–Crippen MR) is 125 cm³/mol. The quantitative estimate of drug-likeness (QED) is 0.479. The first-order valence-corrected chi connectivity index (χ1v) is 10.6. The molecule has 2 N–H and O–H groups in total. The van der Waals surface area contributed by atoms with Gasteiger partial charge in [0.25, 0.3) is 0 Å². The van der Waals surface area contributed by atoms with Crippen molar-refractivity contribution in [1.29, 1.82) is 0 Å². The van der Waals surface area contributed by atoms with Crippen LogP contribution < -0.4 is 5.32 Å². The van der Waals surface area contributed by atoms with Gasteiger partial charge < -0.3 is 15.2 Å². The molecule has 0 atom stereocenters. The normalized spacial score (nSPS) is 12.4. The minimum Gasteiger partial charge on any atom is -0.478 e. The number of carboxylic acids is 1. The molecular formula is C27H25NO4. The van der Waals surface area contributed by atoms with Gasteiger partial charge >= 0.3 is 12.1 Å². The summed E-state index contributed by atoms with van der Waals surface area (Å²) in [5, 5.41) is 12.0. The van der Waals surface area contributed by atoms with E-state index in [-0.39, 0.29) is 12.5 Å². The second-order valence-electron chi connectivity index (χ2n) is 7.77. The lowest BCUT2D eigenvalue weighted by Gasteiger charge is -2.14. The number of amides is 1. The lowest BCUT2D eigenvalue weighted by molar-refractivity contribution is 0.0696. The van der Waals surface area contributed by atoms with E-state index in [1.165, 1.54) is 22.3 Å². The van der Waals surface area contributed by atoms with Crippen molar-refractivity contribution >= 4 is 18.1 Å². The molecule has 0 heterocycles. The smallest absolute Gasteiger partial charge is 0.407 e. The second kappa shape index (κ2) is 9.52. The summed E-state index contributed by atoms with van der Waals surface area (Å²) < 4.78 is 5.53. The minimum atomic E-state index is -0.935. The number of benzene rings is 3. The second-order valence-corrected chi connectivity index (χ2v) is 7.77. The Morgan fingerprint density at radius 1 is 0.969 bits per heavy atom. The van der Waals surface area contributed by atoms with E-state index in [9.17, 15) is 14.7 Å². The molecule has 162 valence electrons. The summed E-state index contributed by atoms with van der Waals surface area (Å²) in [6.07, 6.45) is 3.96. The van der Waals surface area contributed by atoms with Crippen LogP contribution in [-0.2, 0) is 4.74 Å². The van der Waals surface area contributed by atoms with Gasteiger partial charge in [-0.1, -0.05) is 72.8 Å². The van der Waals surface area contributed by atoms with Crippen molar-refractivity contribution in [2.75, 3.05) is 13.2 Å². The number of rotatable bonds is 7. The van der Waals surface area contributed by atoms with Crippen molar-refractivity contribution in [2.24, 2.45) is 0 Å². The van der Waals surface area contributed by atoms with Crippen molar-refractivity contribution in [3.63, 3.8) is 0 Å². The zero-order valence-electron chi connectivity index (χ0n) is 17.9. The van der Waals surface area contributed by atoms with E-state index in [0.29, 0.717) is 18.5 Å². The number of hydrogen-bond donors (Lipinski definition) is 2. The van der Waals surface area contributed by atoms with Gasteiger partial charge in [0, 0.05) is 12.5 Å². The van der Waals surface area contributed by atoms with Crippen LogP contribution in [0.15, 0.2) is 72.8 Å². The van der Waals surface area contributed by atoms with Crippen molar-refractivity contribution in [2.45, 2.75) is 19.3 Å². The van der Waals surface area contributed by atoms with Gasteiger partial charge in [-0.3, -0.25) is 0 Å². The van der Waals surface area contributed by atoms with Crippen LogP contribution in [0.4, 0.5) is 4.79 Å². The van der Waals surface area contributed by atoms with Crippen LogP contribution in [0.25, 0.3) is 17.2 Å². The Hall–Kier alpha value is -3.86. The van der Waals surface area contributed by atoms with E-state index in [0.717, 1.165) is 11.1 Å². The fourth-order valence-corrected chi connectivity index (χ4v) is 4.18. The first-order chi connectivity index (χ1) is 15.6. The van der Waals surface area contributed by atoms with E-state index in [1.54, 1.807) is 19.1 Å². The summed E-state index contributed by atoms with van der Waals surface area (Å²) in [6, 6.07) is 21.7. The molecule has 1 aliphatic rings. The van der Waals surface area contributed by atoms with Gasteiger partial charge in [0.15, 0.2) is 0 Å². The highest BCUT2D eigenvalue weighted by atomic mass is 16.5. The van der Waals surface area contributed by atoms with Crippen molar-refractivity contribution in [1.82, 2.24) is 5.32 Å². The van der Waals surface area contributed by atoms with Crippen LogP contribution in [0.1, 0.15) is 45.0 Å². The van der Waals surface area contributed by atoms with Gasteiger partial charge in [-0.05, 0) is 52.8 Å². The monoisotopic (exact) mass is 427 g/mol. The van der Waals surface area contributed by atoms with Crippen LogP contribution >= 0.6 is 0 Å². The van der Waals surface area contributed by atoms with Gasteiger partial charge in [-0.2, -0.15) is 0 Å². The van der Waals surface area contributed by atoms with Gasteiger partial charge in [0.1, 0.15) is 6.61 Å². The first kappa shape index (κ1) is 21.4. The van der Waals surface area contributed by atoms with Crippen LogP contribution in [0.2, 0.25) is 0 Å². The third kappa shape index (κ3) is 4.42. The van der Waals surface area contributed by atoms with Crippen molar-refractivity contribution in [3.05, 3.63) is 101 Å². The molecule has 0 spiro atoms. The molecule has 0 fully saturated rings. The SMILES string of the molecule is Cc1c(C=CCCNC(=O)OCC2c3ccccc3-c3ccccc32)cccc1C(=O)O. The molecule has 0 saturated heterocycles. The summed E-state index contributed by atoms with van der Waals surface area (Å²) in [7, 11) is 0. The molecule has 0 unspecified atom stereocenters. The maximum atomic E-state index is 12.2. The molecule has 0 radical (unpaired) electrons. The summed E-state index contributed by atoms with van der Waals surface area (Å²) in [6.45, 7) is 2.51. The van der Waals surface area contributed by atoms with Crippen LogP contribution in [0.5, 0.6) is 0 Å². The average molecular weight is 428 g/mol. The largest absolute Gasteiger partial charge is 0.478 e. The number of nitrogens with one attached hydrogen (secondary N) is 1. The highest BCUT2D eigenvalue weighted by Gasteiger charge is 2.28. The standard InChI is InChI=1S/C27H25NO4/c1-18-19(10-8-15-20(18)26(29)30)9-6-7-16-28-27(31)32-17-25-23-13-4-2-11-21(23)22-12-3-5-14-24(22)25/h2-6,8-15,25H,7,16-17H2,1H3,(H,28,31)(H,29,30). The third-order valence-corrected chi connectivity index (χ3v) is 5.83. The number of fused-ring (bicyclic) bond motifs is 3. The Kier molecular flexibility index (Phi) is 6.36. The Labute approximate surface area is 187 Å². The fraction of sp³-hybridized carbons (Fsp3) is 0.185. The van der Waals surface area contributed by atoms with E-state index in [1.807, 2.05) is 42.5 Å². The molecule has 3 aromatic carbocycles. The van der Waals surface area contributed by atoms with E-state index in [2.05, 4.69) is 29.6 Å². The summed E-state index contributed by atoms with van der Waals surface area (Å²) in [4.78, 5) is 23.4. The van der Waals surface area contributed by atoms with Gasteiger partial charge in [0.05, 0.1) is 5.56 Å². The molecule has 0 bridgehead atoms. The van der Waals surface area contributed by atoms with Crippen LogP contribution in [0, 0.1) is 6.92 Å². The van der Waals surface area contributed by atoms with E-state index < -0.39 is 12.1 Å². The average Bonchev–Trinajstić information content (AvgIpc) is 3.12. The van der Waals surface area contributed by atoms with Crippen molar-refractivity contribution < 1.29 is 19.4 Å². The number of carbonyl (C=O) groups is 2. The maximum absolute atomic E-state index is 12.2. The molecule has 0 saturated carbocycles. The Bertz CT molecular complexity index is 1140. The highest BCUT2D eigenvalue weighted by molar-refractivity contribution is 5.90. The molecule has 4 rings (SSSR count). The summed E-state index contributed by atoms with van der Waals surface area (Å²) >= 11 is 0. The maximum Gasteiger partial charge on any atom is 0.407 e. The topological polar surface area (TPSA) is 75.6 Å². The molecule has 0 aromatic heterocycles. The molecule has 5 heteroatoms. The molecule has 3 aromatic rings. The molecule has 1 amide bonds. The molecule has 5 nitrogen and oxygen atoms in total. The third-order valence-electron chi connectivity index (χ3n) is 5.83. The number of ether oxygens (including phenoxy) is 1. The number of aromatic carboxylic acids is 1. The number of carbonyl (C=O) groups excluding carboxylic acids is 1. The Morgan fingerprint density at radius 2 is 1.62 bits per heavy atom. The first-order valence-electron chi connectivity index (χ1n) is 10.6. The van der Waals surface area contributed by atoms with E-state index >= 15 is 0 Å². The lowest BCUT2D eigenvalue weighted by Crippen LogP contribution is -2.26. The van der Waals surface area contributed by atoms with Crippen molar-refractivity contribution in [3.8, 4) is 11.1 Å². The van der Waals surface area contributed by atoms with Gasteiger partial charge in [-0.25, -0.2) is 9.59 Å². The number of carboxylic acid groups (broad SMARTS) is 1. The molecule has 0 aliphatic heterocycles. The summed E-state index contributed by atoms with van der Waals surface area (Å²) in [5.41, 5.74) is 6.64. The molecule has 32 heavy (non-hydrogen) atoms. The zero-order chi connectivity index (χ0) is 22.5. The predicted octanol–water partition coefficient (Wildman–Crippen LogP) is 5.64. The van der Waals surface area contributed by atoms with Gasteiger partial charge in [-0.15, -0.1) is 0 Å². The zero-order valence-corrected chi connectivity index (χ0v) is 17.9. The van der Waals surface area contributed by atoms with Crippen LogP contribution in [0.3, 0.4) is 0 Å².